The van der Waals surface area contributed by atoms with E-state index in [2.05, 4.69) is 0 Å². The summed E-state index contributed by atoms with van der Waals surface area (Å²) < 4.78 is 17.1. The highest BCUT2D eigenvalue weighted by atomic mass is 16.7. The SMILES string of the molecule is CC1(C)OCC2Cc3cc4c(cc3C(c3ccc([N+](=O)[O-])cc3)=NN21)OCO4. The quantitative estimate of drug-likeness (QED) is 0.587. The molecule has 0 amide bonds. The molecule has 2 aromatic carbocycles. The Kier molecular flexibility index (Phi) is 3.60. The first-order valence-electron chi connectivity index (χ1n) is 9.12. The Balaban J connectivity index is 1.68. The van der Waals surface area contributed by atoms with Gasteiger partial charge in [-0.25, -0.2) is 0 Å². The van der Waals surface area contributed by atoms with E-state index in [1.54, 1.807) is 12.1 Å². The highest BCUT2D eigenvalue weighted by Gasteiger charge is 2.42. The predicted octanol–water partition coefficient (Wildman–Crippen LogP) is 3.07. The van der Waals surface area contributed by atoms with Gasteiger partial charge in [-0.3, -0.25) is 15.1 Å². The van der Waals surface area contributed by atoms with Crippen LogP contribution in [0.3, 0.4) is 0 Å². The van der Waals surface area contributed by atoms with E-state index in [0.29, 0.717) is 12.4 Å². The van der Waals surface area contributed by atoms with Crippen LogP contribution < -0.4 is 9.47 Å². The number of ether oxygens (including phenoxy) is 3. The number of rotatable bonds is 2. The summed E-state index contributed by atoms with van der Waals surface area (Å²) >= 11 is 0. The van der Waals surface area contributed by atoms with Crippen LogP contribution in [0.25, 0.3) is 0 Å². The predicted molar refractivity (Wildman–Crippen MR) is 101 cm³/mol. The van der Waals surface area contributed by atoms with Crippen molar-refractivity contribution in [2.75, 3.05) is 13.4 Å². The zero-order valence-electron chi connectivity index (χ0n) is 15.5. The fourth-order valence-corrected chi connectivity index (χ4v) is 3.97. The summed E-state index contributed by atoms with van der Waals surface area (Å²) in [5, 5.41) is 18.0. The molecule has 3 aliphatic rings. The number of nitro benzene ring substituents is 1. The van der Waals surface area contributed by atoms with Gasteiger partial charge in [-0.05, 0) is 50.1 Å². The van der Waals surface area contributed by atoms with Crippen molar-refractivity contribution in [1.29, 1.82) is 0 Å². The van der Waals surface area contributed by atoms with Crippen LogP contribution >= 0.6 is 0 Å². The Morgan fingerprint density at radius 1 is 1.18 bits per heavy atom. The zero-order valence-corrected chi connectivity index (χ0v) is 15.5. The van der Waals surface area contributed by atoms with Crippen LogP contribution in [0.4, 0.5) is 5.69 Å². The average Bonchev–Trinajstić information content (AvgIpc) is 3.18. The molecule has 0 N–H and O–H groups in total. The van der Waals surface area contributed by atoms with Crippen molar-refractivity contribution in [1.82, 2.24) is 5.01 Å². The average molecular weight is 381 g/mol. The Bertz CT molecular complexity index is 1000. The second kappa shape index (κ2) is 5.93. The first kappa shape index (κ1) is 17.0. The van der Waals surface area contributed by atoms with Crippen molar-refractivity contribution in [3.63, 3.8) is 0 Å². The van der Waals surface area contributed by atoms with Crippen LogP contribution in [0, 0.1) is 10.1 Å². The molecule has 8 nitrogen and oxygen atoms in total. The molecule has 1 fully saturated rings. The molecule has 144 valence electrons. The third-order valence-electron chi connectivity index (χ3n) is 5.39. The van der Waals surface area contributed by atoms with Gasteiger partial charge >= 0.3 is 0 Å². The number of hydrazone groups is 1. The van der Waals surface area contributed by atoms with Crippen LogP contribution in [-0.4, -0.2) is 40.8 Å². The lowest BCUT2D eigenvalue weighted by Crippen LogP contribution is -2.40. The molecule has 0 aliphatic carbocycles. The summed E-state index contributed by atoms with van der Waals surface area (Å²) in [4.78, 5) is 10.6. The molecule has 28 heavy (non-hydrogen) atoms. The fraction of sp³-hybridized carbons (Fsp3) is 0.350. The van der Waals surface area contributed by atoms with Crippen molar-refractivity contribution in [2.45, 2.75) is 32.0 Å². The van der Waals surface area contributed by atoms with Gasteiger partial charge in [0.25, 0.3) is 5.69 Å². The van der Waals surface area contributed by atoms with Gasteiger partial charge in [-0.2, -0.15) is 5.10 Å². The van der Waals surface area contributed by atoms with Crippen LogP contribution in [0.5, 0.6) is 11.5 Å². The second-order valence-electron chi connectivity index (χ2n) is 7.58. The van der Waals surface area contributed by atoms with E-state index in [4.69, 9.17) is 19.3 Å². The zero-order chi connectivity index (χ0) is 19.5. The lowest BCUT2D eigenvalue weighted by molar-refractivity contribution is -0.384. The summed E-state index contributed by atoms with van der Waals surface area (Å²) in [5.74, 6) is 1.42. The van der Waals surface area contributed by atoms with Crippen molar-refractivity contribution < 1.29 is 19.1 Å². The Morgan fingerprint density at radius 3 is 2.61 bits per heavy atom. The van der Waals surface area contributed by atoms with Gasteiger partial charge in [-0.1, -0.05) is 0 Å². The molecule has 1 atom stereocenters. The lowest BCUT2D eigenvalue weighted by atomic mass is 9.94. The van der Waals surface area contributed by atoms with Crippen molar-refractivity contribution >= 4 is 11.4 Å². The largest absolute Gasteiger partial charge is 0.454 e. The number of fused-ring (bicyclic) bond motifs is 3. The van der Waals surface area contributed by atoms with E-state index >= 15 is 0 Å². The van der Waals surface area contributed by atoms with E-state index in [1.165, 1.54) is 12.1 Å². The molecule has 2 aromatic rings. The first-order chi connectivity index (χ1) is 13.4. The molecule has 1 saturated heterocycles. The van der Waals surface area contributed by atoms with Crippen LogP contribution in [-0.2, 0) is 11.2 Å². The Labute approximate surface area is 161 Å². The van der Waals surface area contributed by atoms with Crippen LogP contribution in [0.1, 0.15) is 30.5 Å². The third kappa shape index (κ3) is 2.60. The van der Waals surface area contributed by atoms with Crippen molar-refractivity contribution in [3.8, 4) is 11.5 Å². The standard InChI is InChI=1S/C20H19N3O5/c1-20(2)22-15(10-28-20)7-13-8-17-18(27-11-26-17)9-16(13)19(21-22)12-3-5-14(6-4-12)23(24)25/h3-6,8-9,15H,7,10-11H2,1-2H3. The summed E-state index contributed by atoms with van der Waals surface area (Å²) in [5.41, 5.74) is 3.09. The van der Waals surface area contributed by atoms with Gasteiger partial charge in [0.2, 0.25) is 6.79 Å². The van der Waals surface area contributed by atoms with Gasteiger partial charge in [0.05, 0.1) is 23.3 Å². The number of nitro groups is 1. The lowest BCUT2D eigenvalue weighted by Gasteiger charge is -2.30. The molecule has 0 spiro atoms. The summed E-state index contributed by atoms with van der Waals surface area (Å²) in [6.07, 6.45) is 0.759. The maximum absolute atomic E-state index is 11.0. The van der Waals surface area contributed by atoms with E-state index in [-0.39, 0.29) is 18.5 Å². The molecule has 0 radical (unpaired) electrons. The van der Waals surface area contributed by atoms with Crippen molar-refractivity contribution in [3.05, 3.63) is 63.2 Å². The van der Waals surface area contributed by atoms with Gasteiger partial charge in [0, 0.05) is 23.3 Å². The normalized spacial score (nSPS) is 21.6. The maximum Gasteiger partial charge on any atom is 0.269 e. The third-order valence-corrected chi connectivity index (χ3v) is 5.39. The highest BCUT2D eigenvalue weighted by molar-refractivity contribution is 6.14. The molecule has 0 saturated carbocycles. The summed E-state index contributed by atoms with van der Waals surface area (Å²) in [6, 6.07) is 10.5. The van der Waals surface area contributed by atoms with E-state index in [9.17, 15) is 10.1 Å². The molecule has 0 aromatic heterocycles. The smallest absolute Gasteiger partial charge is 0.269 e. The van der Waals surface area contributed by atoms with E-state index < -0.39 is 10.6 Å². The van der Waals surface area contributed by atoms with Gasteiger partial charge in [0.15, 0.2) is 17.2 Å². The van der Waals surface area contributed by atoms with Gasteiger partial charge in [-0.15, -0.1) is 0 Å². The van der Waals surface area contributed by atoms with Crippen LogP contribution in [0.2, 0.25) is 0 Å². The number of hydrogen-bond acceptors (Lipinski definition) is 7. The van der Waals surface area contributed by atoms with Gasteiger partial charge < -0.3 is 14.2 Å². The minimum absolute atomic E-state index is 0.0478. The molecular weight excluding hydrogens is 362 g/mol. The Morgan fingerprint density at radius 2 is 1.89 bits per heavy atom. The summed E-state index contributed by atoms with van der Waals surface area (Å²) in [6.45, 7) is 4.77. The summed E-state index contributed by atoms with van der Waals surface area (Å²) in [7, 11) is 0. The van der Waals surface area contributed by atoms with E-state index in [0.717, 1.165) is 34.6 Å². The topological polar surface area (TPSA) is 86.4 Å². The minimum Gasteiger partial charge on any atom is -0.454 e. The number of nitrogens with zero attached hydrogens (tertiary/aromatic N) is 3. The molecular formula is C20H19N3O5. The monoisotopic (exact) mass is 381 g/mol. The molecule has 3 aliphatic heterocycles. The van der Waals surface area contributed by atoms with E-state index in [1.807, 2.05) is 31.0 Å². The maximum atomic E-state index is 11.0. The Hall–Kier alpha value is -3.13. The second-order valence-corrected chi connectivity index (χ2v) is 7.58. The van der Waals surface area contributed by atoms with Crippen molar-refractivity contribution in [2.24, 2.45) is 5.10 Å². The molecule has 8 heteroatoms. The van der Waals surface area contributed by atoms with Gasteiger partial charge in [0.1, 0.15) is 0 Å². The number of benzene rings is 2. The fourth-order valence-electron chi connectivity index (χ4n) is 3.97. The highest BCUT2D eigenvalue weighted by Crippen LogP contribution is 2.40. The molecule has 5 rings (SSSR count). The first-order valence-corrected chi connectivity index (χ1v) is 9.12. The molecule has 3 heterocycles. The molecule has 0 bridgehead atoms. The van der Waals surface area contributed by atoms with Crippen LogP contribution in [0.15, 0.2) is 41.5 Å². The molecule has 1 unspecified atom stereocenters. The minimum atomic E-state index is -0.533. The number of hydrogen-bond donors (Lipinski definition) is 0. The number of non-ortho nitro benzene ring substituents is 1.